The Morgan fingerprint density at radius 2 is 0.514 bits per heavy atom. The van der Waals surface area contributed by atoms with Gasteiger partial charge in [-0.3, -0.25) is 0 Å². The fourth-order valence-corrected chi connectivity index (χ4v) is 11.0. The first kappa shape index (κ1) is 25.0. The van der Waals surface area contributed by atoms with Crippen molar-refractivity contribution in [1.82, 2.24) is 0 Å². The summed E-state index contributed by atoms with van der Waals surface area (Å²) in [6, 6.07) is 36.0. The van der Waals surface area contributed by atoms with Crippen LogP contribution in [-0.4, -0.2) is 2.10 Å². The number of rotatable bonds is 4. The van der Waals surface area contributed by atoms with Crippen molar-refractivity contribution >= 4 is 67.4 Å². The van der Waals surface area contributed by atoms with Crippen molar-refractivity contribution in [2.45, 2.75) is 27.7 Å². The zero-order chi connectivity index (χ0) is 25.6. The fraction of sp³-hybridized carbons (Fsp3) is 0.125. The molecule has 4 aromatic rings. The molecule has 4 aromatic carbocycles. The summed E-state index contributed by atoms with van der Waals surface area (Å²) in [6.07, 6.45) is 0. The third-order valence-corrected chi connectivity index (χ3v) is 12.8. The Morgan fingerprint density at radius 1 is 0.324 bits per heavy atom. The van der Waals surface area contributed by atoms with Crippen molar-refractivity contribution in [3.05, 3.63) is 142 Å². The molecule has 0 radical (unpaired) electrons. The van der Waals surface area contributed by atoms with Gasteiger partial charge in [0.05, 0.1) is 19.6 Å². The van der Waals surface area contributed by atoms with E-state index in [0.717, 1.165) is 2.10 Å². The lowest BCUT2D eigenvalue weighted by atomic mass is 10.1. The quantitative estimate of drug-likeness (QED) is 0.182. The summed E-state index contributed by atoms with van der Waals surface area (Å²) in [5.41, 5.74) is 10.3. The second-order valence-corrected chi connectivity index (χ2v) is 15.5. The molecule has 184 valence electrons. The van der Waals surface area contributed by atoms with Gasteiger partial charge in [-0.25, -0.2) is 0 Å². The minimum Gasteiger partial charge on any atom is -0.0620 e. The molecule has 0 unspecified atom stereocenters. The van der Waals surface area contributed by atoms with Crippen molar-refractivity contribution in [3.8, 4) is 0 Å². The molecule has 1 nitrogen and oxygen atoms in total. The van der Waals surface area contributed by atoms with Crippen LogP contribution in [0.4, 0.5) is 0 Å². The van der Waals surface area contributed by atoms with Crippen molar-refractivity contribution in [2.24, 2.45) is 0 Å². The molecular weight excluding hydrogens is 527 g/mol. The van der Waals surface area contributed by atoms with Crippen LogP contribution in [0.15, 0.2) is 97.1 Å². The van der Waals surface area contributed by atoms with Crippen LogP contribution in [0.2, 0.25) is 0 Å². The first-order chi connectivity index (χ1) is 17.9. The second kappa shape index (κ2) is 10.1. The van der Waals surface area contributed by atoms with E-state index in [2.05, 4.69) is 125 Å². The number of quaternary nitrogens is 1. The predicted molar refractivity (Wildman–Crippen MR) is 169 cm³/mol. The van der Waals surface area contributed by atoms with E-state index in [1.165, 1.54) is 64.1 Å². The van der Waals surface area contributed by atoms with Gasteiger partial charge in [0.15, 0.2) is 47.8 Å². The lowest BCUT2D eigenvalue weighted by Crippen LogP contribution is -2.08. The Labute approximate surface area is 237 Å². The summed E-state index contributed by atoms with van der Waals surface area (Å²) < 4.78 is 0.735. The van der Waals surface area contributed by atoms with Crippen LogP contribution in [0.3, 0.4) is 0 Å². The average Bonchev–Trinajstić information content (AvgIpc) is 3.46. The van der Waals surface area contributed by atoms with Gasteiger partial charge in [-0.1, -0.05) is 121 Å². The van der Waals surface area contributed by atoms with Gasteiger partial charge in [0, 0.05) is 0 Å². The molecular formula is C32H28NS4+. The van der Waals surface area contributed by atoms with Gasteiger partial charge in [0.25, 0.3) is 0 Å². The first-order valence-electron chi connectivity index (χ1n) is 12.3. The maximum Gasteiger partial charge on any atom is 0.154 e. The third-order valence-electron chi connectivity index (χ3n) is 6.48. The van der Waals surface area contributed by atoms with Crippen LogP contribution in [0.25, 0.3) is 19.6 Å². The number of benzene rings is 4. The van der Waals surface area contributed by atoms with Gasteiger partial charge < -0.3 is 0 Å². The van der Waals surface area contributed by atoms with E-state index < -0.39 is 0 Å². The number of nitrogens with zero attached hydrogens (tertiary/aromatic N) is 1. The molecule has 0 N–H and O–H groups in total. The molecule has 5 heteroatoms. The highest BCUT2D eigenvalue weighted by Crippen LogP contribution is 2.75. The molecule has 0 saturated heterocycles. The first-order valence-corrected chi connectivity index (χ1v) is 15.4. The summed E-state index contributed by atoms with van der Waals surface area (Å²) >= 11 is 7.82. The zero-order valence-corrected chi connectivity index (χ0v) is 24.6. The lowest BCUT2D eigenvalue weighted by molar-refractivity contribution is -0.262. The van der Waals surface area contributed by atoms with Gasteiger partial charge in [-0.05, 0) is 49.9 Å². The summed E-state index contributed by atoms with van der Waals surface area (Å²) in [4.78, 5) is 5.40. The van der Waals surface area contributed by atoms with E-state index in [0.29, 0.717) is 0 Å². The van der Waals surface area contributed by atoms with Gasteiger partial charge in [-0.2, -0.15) is 0 Å². The molecule has 0 aliphatic carbocycles. The molecule has 37 heavy (non-hydrogen) atoms. The Hall–Kier alpha value is -2.28. The standard InChI is InChI=1S/C32H28NS4/c1-21-5-13-25(14-6-21)29-30(26-15-7-22(2)8-16-26)35-33(34-29)36-31(27-17-9-23(3)10-18-27)32(37-33)28-19-11-24(4)12-20-28/h5-20H,1-4H3/q+1. The smallest absolute Gasteiger partial charge is 0.0620 e. The van der Waals surface area contributed by atoms with Gasteiger partial charge in [-0.15, -0.1) is 0 Å². The lowest BCUT2D eigenvalue weighted by Gasteiger charge is -2.18. The Morgan fingerprint density at radius 3 is 0.703 bits per heavy atom. The minimum atomic E-state index is 0.735. The molecule has 0 atom stereocenters. The normalized spacial score (nSPS) is 16.8. The molecule has 0 saturated carbocycles. The third kappa shape index (κ3) is 5.08. The van der Waals surface area contributed by atoms with Crippen molar-refractivity contribution < 1.29 is 2.10 Å². The fourth-order valence-electron chi connectivity index (χ4n) is 4.28. The van der Waals surface area contributed by atoms with E-state index in [-0.39, 0.29) is 0 Å². The molecule has 2 aliphatic heterocycles. The largest absolute Gasteiger partial charge is 0.154 e. The Balaban J connectivity index is 1.43. The molecule has 2 aliphatic rings. The van der Waals surface area contributed by atoms with Crippen molar-refractivity contribution in [3.63, 3.8) is 0 Å². The topological polar surface area (TPSA) is 0 Å². The van der Waals surface area contributed by atoms with E-state index in [9.17, 15) is 0 Å². The van der Waals surface area contributed by atoms with E-state index in [1.54, 1.807) is 0 Å². The summed E-state index contributed by atoms with van der Waals surface area (Å²) in [5, 5.41) is 0. The van der Waals surface area contributed by atoms with Crippen LogP contribution in [0.5, 0.6) is 0 Å². The summed E-state index contributed by atoms with van der Waals surface area (Å²) in [6.45, 7) is 8.62. The monoisotopic (exact) mass is 554 g/mol. The van der Waals surface area contributed by atoms with Gasteiger partial charge in [0.1, 0.15) is 0 Å². The number of hydrogen-bond acceptors (Lipinski definition) is 4. The highest BCUT2D eigenvalue weighted by molar-refractivity contribution is 8.40. The van der Waals surface area contributed by atoms with Crippen molar-refractivity contribution in [2.75, 3.05) is 0 Å². The van der Waals surface area contributed by atoms with Gasteiger partial charge in [0.2, 0.25) is 0 Å². The van der Waals surface area contributed by atoms with Crippen LogP contribution in [0, 0.1) is 27.7 Å². The maximum atomic E-state index is 2.27. The highest BCUT2D eigenvalue weighted by Gasteiger charge is 2.54. The van der Waals surface area contributed by atoms with Crippen LogP contribution < -0.4 is 0 Å². The number of aryl methyl sites for hydroxylation is 4. The van der Waals surface area contributed by atoms with E-state index in [4.69, 9.17) is 0 Å². The molecule has 0 amide bonds. The second-order valence-electron chi connectivity index (χ2n) is 9.59. The van der Waals surface area contributed by atoms with Crippen LogP contribution in [0.1, 0.15) is 44.5 Å². The average molecular weight is 555 g/mol. The SMILES string of the molecule is Cc1ccc(C2=C(c3ccc(C)cc3)S[N+]3(S2)SC(c2ccc(C)cc2)=C(c2ccc(C)cc2)S3)cc1. The minimum absolute atomic E-state index is 0.735. The van der Waals surface area contributed by atoms with Crippen molar-refractivity contribution in [1.29, 1.82) is 0 Å². The highest BCUT2D eigenvalue weighted by atomic mass is 32.3. The van der Waals surface area contributed by atoms with Crippen LogP contribution in [-0.2, 0) is 0 Å². The molecule has 1 spiro atoms. The Bertz CT molecular complexity index is 1280. The molecule has 2 heterocycles. The van der Waals surface area contributed by atoms with Crippen LogP contribution >= 0.6 is 47.8 Å². The molecule has 0 fully saturated rings. The van der Waals surface area contributed by atoms with E-state index in [1.807, 2.05) is 47.8 Å². The van der Waals surface area contributed by atoms with E-state index >= 15 is 0 Å². The molecule has 0 bridgehead atoms. The predicted octanol–water partition coefficient (Wildman–Crippen LogP) is 10.7. The Kier molecular flexibility index (Phi) is 6.85. The zero-order valence-electron chi connectivity index (χ0n) is 21.3. The molecule has 0 aromatic heterocycles. The summed E-state index contributed by atoms with van der Waals surface area (Å²) in [7, 11) is 0. The maximum absolute atomic E-state index is 2.27. The van der Waals surface area contributed by atoms with Gasteiger partial charge >= 0.3 is 0 Å². The number of hydrogen-bond donors (Lipinski definition) is 0. The summed E-state index contributed by atoms with van der Waals surface area (Å²) in [5.74, 6) is 0. The molecule has 6 rings (SSSR count).